The Morgan fingerprint density at radius 2 is 1.92 bits per heavy atom. The molecule has 0 saturated heterocycles. The molecule has 1 amide bonds. The quantitative estimate of drug-likeness (QED) is 0.636. The lowest BCUT2D eigenvalue weighted by Crippen LogP contribution is -2.30. The number of benzene rings is 2. The van der Waals surface area contributed by atoms with Crippen molar-refractivity contribution in [3.8, 4) is 5.75 Å². The maximum atomic E-state index is 12.6. The van der Waals surface area contributed by atoms with E-state index in [0.29, 0.717) is 25.9 Å². The van der Waals surface area contributed by atoms with Crippen molar-refractivity contribution in [3.63, 3.8) is 0 Å². The molecule has 0 saturated carbocycles. The number of carbonyl (C=O) groups is 1. The molecule has 0 aliphatic rings. The monoisotopic (exact) mass is 354 g/mol. The molecule has 0 unspecified atom stereocenters. The van der Waals surface area contributed by atoms with Crippen LogP contribution in [0.25, 0.3) is 10.2 Å². The van der Waals surface area contributed by atoms with E-state index in [1.54, 1.807) is 18.4 Å². The van der Waals surface area contributed by atoms with Crippen molar-refractivity contribution < 1.29 is 9.53 Å². The highest BCUT2D eigenvalue weighted by atomic mass is 32.1. The molecule has 25 heavy (non-hydrogen) atoms. The summed E-state index contributed by atoms with van der Waals surface area (Å²) in [4.78, 5) is 19.1. The van der Waals surface area contributed by atoms with Crippen LogP contribution in [0.2, 0.25) is 0 Å². The fourth-order valence-corrected chi connectivity index (χ4v) is 3.69. The highest BCUT2D eigenvalue weighted by Crippen LogP contribution is 2.22. The van der Waals surface area contributed by atoms with E-state index in [-0.39, 0.29) is 5.91 Å². The van der Waals surface area contributed by atoms with Gasteiger partial charge in [0.25, 0.3) is 0 Å². The van der Waals surface area contributed by atoms with Crippen LogP contribution in [0.15, 0.2) is 48.5 Å². The molecule has 0 spiro atoms. The molecule has 0 radical (unpaired) electrons. The Morgan fingerprint density at radius 3 is 2.60 bits per heavy atom. The van der Waals surface area contributed by atoms with Gasteiger partial charge >= 0.3 is 0 Å². The highest BCUT2D eigenvalue weighted by Gasteiger charge is 2.13. The molecule has 0 atom stereocenters. The molecule has 5 heteroatoms. The van der Waals surface area contributed by atoms with E-state index in [4.69, 9.17) is 4.74 Å². The lowest BCUT2D eigenvalue weighted by molar-refractivity contribution is -0.131. The molecular formula is C20H22N2O2S. The van der Waals surface area contributed by atoms with Gasteiger partial charge in [-0.15, -0.1) is 11.3 Å². The number of hydrogen-bond acceptors (Lipinski definition) is 4. The van der Waals surface area contributed by atoms with Crippen molar-refractivity contribution in [2.45, 2.75) is 26.3 Å². The average Bonchev–Trinajstić information content (AvgIpc) is 3.07. The Bertz CT molecular complexity index is 809. The summed E-state index contributed by atoms with van der Waals surface area (Å²) < 4.78 is 6.35. The molecule has 2 aromatic carbocycles. The van der Waals surface area contributed by atoms with Crippen LogP contribution in [0.5, 0.6) is 5.75 Å². The molecule has 0 N–H and O–H groups in total. The van der Waals surface area contributed by atoms with E-state index in [1.165, 1.54) is 4.70 Å². The van der Waals surface area contributed by atoms with Crippen LogP contribution < -0.4 is 4.74 Å². The van der Waals surface area contributed by atoms with E-state index < -0.39 is 0 Å². The normalized spacial score (nSPS) is 10.8. The van der Waals surface area contributed by atoms with E-state index in [1.807, 2.05) is 54.3 Å². The second-order valence-electron chi connectivity index (χ2n) is 5.83. The second kappa shape index (κ2) is 8.12. The van der Waals surface area contributed by atoms with Crippen molar-refractivity contribution in [3.05, 3.63) is 59.1 Å². The average molecular weight is 354 g/mol. The van der Waals surface area contributed by atoms with Gasteiger partial charge < -0.3 is 9.64 Å². The summed E-state index contributed by atoms with van der Waals surface area (Å²) in [5.74, 6) is 0.992. The van der Waals surface area contributed by atoms with E-state index in [2.05, 4.69) is 11.1 Å². The van der Waals surface area contributed by atoms with Gasteiger partial charge in [0.1, 0.15) is 5.75 Å². The number of fused-ring (bicyclic) bond motifs is 1. The maximum absolute atomic E-state index is 12.6. The first-order chi connectivity index (χ1) is 12.2. The van der Waals surface area contributed by atoms with Crippen molar-refractivity contribution in [2.75, 3.05) is 13.7 Å². The molecule has 3 aromatic rings. The number of carbonyl (C=O) groups excluding carboxylic acids is 1. The lowest BCUT2D eigenvalue weighted by Gasteiger charge is -2.21. The molecule has 0 fully saturated rings. The minimum absolute atomic E-state index is 0.164. The number of methoxy groups -OCH3 is 1. The Balaban J connectivity index is 1.59. The summed E-state index contributed by atoms with van der Waals surface area (Å²) in [7, 11) is 1.65. The van der Waals surface area contributed by atoms with Gasteiger partial charge in [-0.3, -0.25) is 4.79 Å². The molecule has 0 bridgehead atoms. The predicted molar refractivity (Wildman–Crippen MR) is 102 cm³/mol. The molecule has 1 heterocycles. The fraction of sp³-hybridized carbons (Fsp3) is 0.300. The molecule has 4 nitrogen and oxygen atoms in total. The van der Waals surface area contributed by atoms with Gasteiger partial charge in [-0.05, 0) is 36.8 Å². The van der Waals surface area contributed by atoms with Crippen LogP contribution in [0.4, 0.5) is 0 Å². The Kier molecular flexibility index (Phi) is 5.66. The van der Waals surface area contributed by atoms with E-state index >= 15 is 0 Å². The van der Waals surface area contributed by atoms with Crippen LogP contribution >= 0.6 is 11.3 Å². The number of aryl methyl sites for hydroxylation is 1. The standard InChI is InChI=1S/C20H22N2O2S/c1-3-22(14-15-8-10-16(24-2)11-9-15)20(23)13-12-19-21-17-6-4-5-7-18(17)25-19/h4-11H,3,12-14H2,1-2H3. The Morgan fingerprint density at radius 1 is 1.16 bits per heavy atom. The van der Waals surface area contributed by atoms with Gasteiger partial charge in [-0.2, -0.15) is 0 Å². The van der Waals surface area contributed by atoms with Gasteiger partial charge in [0.05, 0.1) is 22.3 Å². The Hall–Kier alpha value is -2.40. The van der Waals surface area contributed by atoms with Gasteiger partial charge in [-0.1, -0.05) is 24.3 Å². The number of thiazole rings is 1. The van der Waals surface area contributed by atoms with Gasteiger partial charge in [0.2, 0.25) is 5.91 Å². The van der Waals surface area contributed by atoms with Crippen molar-refractivity contribution in [1.29, 1.82) is 0 Å². The van der Waals surface area contributed by atoms with Gasteiger partial charge in [0.15, 0.2) is 0 Å². The van der Waals surface area contributed by atoms with E-state index in [9.17, 15) is 4.79 Å². The molecule has 1 aromatic heterocycles. The fourth-order valence-electron chi connectivity index (χ4n) is 2.73. The number of rotatable bonds is 7. The number of hydrogen-bond donors (Lipinski definition) is 0. The van der Waals surface area contributed by atoms with Crippen molar-refractivity contribution in [1.82, 2.24) is 9.88 Å². The van der Waals surface area contributed by atoms with E-state index in [0.717, 1.165) is 21.8 Å². The summed E-state index contributed by atoms with van der Waals surface area (Å²) in [5, 5.41) is 1.02. The first-order valence-corrected chi connectivity index (χ1v) is 9.26. The third-order valence-corrected chi connectivity index (χ3v) is 5.25. The molecule has 130 valence electrons. The summed E-state index contributed by atoms with van der Waals surface area (Å²) in [6.45, 7) is 3.34. The maximum Gasteiger partial charge on any atom is 0.223 e. The number of para-hydroxylation sites is 1. The summed E-state index contributed by atoms with van der Waals surface area (Å²) >= 11 is 1.67. The number of nitrogens with zero attached hydrogens (tertiary/aromatic N) is 2. The van der Waals surface area contributed by atoms with Gasteiger partial charge in [0, 0.05) is 25.9 Å². The minimum Gasteiger partial charge on any atom is -0.497 e. The second-order valence-corrected chi connectivity index (χ2v) is 6.95. The third-order valence-electron chi connectivity index (χ3n) is 4.16. The zero-order chi connectivity index (χ0) is 17.6. The zero-order valence-corrected chi connectivity index (χ0v) is 15.4. The highest BCUT2D eigenvalue weighted by molar-refractivity contribution is 7.18. The Labute approximate surface area is 152 Å². The number of ether oxygens (including phenoxy) is 1. The minimum atomic E-state index is 0.164. The van der Waals surface area contributed by atoms with Gasteiger partial charge in [-0.25, -0.2) is 4.98 Å². The van der Waals surface area contributed by atoms with Crippen molar-refractivity contribution >= 4 is 27.5 Å². The van der Waals surface area contributed by atoms with Crippen LogP contribution in [0.3, 0.4) is 0 Å². The smallest absolute Gasteiger partial charge is 0.223 e. The predicted octanol–water partition coefficient (Wildman–Crippen LogP) is 4.29. The number of amides is 1. The largest absolute Gasteiger partial charge is 0.497 e. The summed E-state index contributed by atoms with van der Waals surface area (Å²) in [5.41, 5.74) is 2.12. The topological polar surface area (TPSA) is 42.4 Å². The molecule has 0 aliphatic carbocycles. The third kappa shape index (κ3) is 4.37. The molecular weight excluding hydrogens is 332 g/mol. The van der Waals surface area contributed by atoms with Crippen LogP contribution in [-0.4, -0.2) is 29.4 Å². The van der Waals surface area contributed by atoms with Crippen LogP contribution in [0.1, 0.15) is 23.9 Å². The first kappa shape index (κ1) is 17.4. The SMILES string of the molecule is CCN(Cc1ccc(OC)cc1)C(=O)CCc1nc2ccccc2s1. The van der Waals surface area contributed by atoms with Crippen molar-refractivity contribution in [2.24, 2.45) is 0 Å². The van der Waals surface area contributed by atoms with Crippen LogP contribution in [0, 0.1) is 0 Å². The lowest BCUT2D eigenvalue weighted by atomic mass is 10.2. The summed E-state index contributed by atoms with van der Waals surface area (Å²) in [6, 6.07) is 15.9. The summed E-state index contributed by atoms with van der Waals surface area (Å²) in [6.07, 6.45) is 1.18. The number of aromatic nitrogens is 1. The zero-order valence-electron chi connectivity index (χ0n) is 14.6. The first-order valence-electron chi connectivity index (χ1n) is 8.44. The molecule has 0 aliphatic heterocycles. The van der Waals surface area contributed by atoms with Crippen LogP contribution in [-0.2, 0) is 17.8 Å². The molecule has 3 rings (SSSR count).